The van der Waals surface area contributed by atoms with Gasteiger partial charge < -0.3 is 4.74 Å². The molecule has 5 heteroatoms. The van der Waals surface area contributed by atoms with Crippen LogP contribution in [0.3, 0.4) is 0 Å². The predicted octanol–water partition coefficient (Wildman–Crippen LogP) is 4.06. The van der Waals surface area contributed by atoms with Gasteiger partial charge in [0.25, 0.3) is 5.69 Å². The number of non-ortho nitro benzene ring substituents is 1. The third-order valence-corrected chi connectivity index (χ3v) is 3.01. The van der Waals surface area contributed by atoms with Crippen molar-refractivity contribution >= 4 is 17.3 Å². The molecule has 0 unspecified atom stereocenters. The molecule has 0 aliphatic rings. The summed E-state index contributed by atoms with van der Waals surface area (Å²) in [5.74, 6) is 0.772. The summed E-state index contributed by atoms with van der Waals surface area (Å²) in [4.78, 5) is 10.2. The van der Waals surface area contributed by atoms with Gasteiger partial charge in [-0.15, -0.1) is 0 Å². The molecule has 0 aliphatic heterocycles. The Kier molecular flexibility index (Phi) is 4.89. The Balaban J connectivity index is 2.27. The van der Waals surface area contributed by atoms with E-state index in [1.165, 1.54) is 12.1 Å². The van der Waals surface area contributed by atoms with Crippen LogP contribution in [0.5, 0.6) is 5.75 Å². The van der Waals surface area contributed by atoms with E-state index in [9.17, 15) is 15.4 Å². The highest BCUT2D eigenvalue weighted by Gasteiger charge is 2.06. The van der Waals surface area contributed by atoms with Crippen LogP contribution in [-0.4, -0.2) is 11.5 Å². The van der Waals surface area contributed by atoms with Crippen molar-refractivity contribution in [3.63, 3.8) is 0 Å². The van der Waals surface area contributed by atoms with Gasteiger partial charge >= 0.3 is 0 Å². The summed E-state index contributed by atoms with van der Waals surface area (Å²) in [5.41, 5.74) is 1.95. The summed E-state index contributed by atoms with van der Waals surface area (Å²) in [7, 11) is 0. The van der Waals surface area contributed by atoms with Crippen LogP contribution in [0.15, 0.2) is 48.5 Å². The number of nitro groups is 1. The normalized spacial score (nSPS) is 10.8. The second kappa shape index (κ2) is 7.04. The third kappa shape index (κ3) is 3.70. The van der Waals surface area contributed by atoms with Crippen LogP contribution in [0.25, 0.3) is 11.6 Å². The molecule has 0 amide bonds. The molecule has 0 atom stereocenters. The van der Waals surface area contributed by atoms with E-state index in [1.807, 2.05) is 31.2 Å². The molecule has 0 bridgehead atoms. The van der Waals surface area contributed by atoms with Crippen LogP contribution in [0.1, 0.15) is 18.1 Å². The van der Waals surface area contributed by atoms with Gasteiger partial charge in [0, 0.05) is 12.1 Å². The fourth-order valence-electron chi connectivity index (χ4n) is 1.94. The number of nitriles is 1. The summed E-state index contributed by atoms with van der Waals surface area (Å²) in [6.45, 7) is 2.51. The van der Waals surface area contributed by atoms with Gasteiger partial charge in [-0.05, 0) is 48.4 Å². The number of nitro benzene ring substituents is 1. The van der Waals surface area contributed by atoms with Gasteiger partial charge in [0.15, 0.2) is 0 Å². The number of rotatable bonds is 5. The number of allylic oxidation sites excluding steroid dienone is 1. The highest BCUT2D eigenvalue weighted by molar-refractivity contribution is 5.89. The Morgan fingerprint density at radius 2 is 1.86 bits per heavy atom. The average molecular weight is 294 g/mol. The Labute approximate surface area is 128 Å². The second-order valence-electron chi connectivity index (χ2n) is 4.48. The van der Waals surface area contributed by atoms with Crippen LogP contribution in [-0.2, 0) is 0 Å². The van der Waals surface area contributed by atoms with E-state index in [-0.39, 0.29) is 5.69 Å². The number of benzene rings is 2. The maximum Gasteiger partial charge on any atom is 0.269 e. The lowest BCUT2D eigenvalue weighted by Crippen LogP contribution is -1.90. The number of hydrogen-bond acceptors (Lipinski definition) is 4. The van der Waals surface area contributed by atoms with E-state index in [0.29, 0.717) is 17.7 Å². The highest BCUT2D eigenvalue weighted by atomic mass is 16.6. The number of ether oxygens (including phenoxy) is 1. The molecule has 0 saturated carbocycles. The van der Waals surface area contributed by atoms with Gasteiger partial charge in [-0.2, -0.15) is 5.26 Å². The lowest BCUT2D eigenvalue weighted by atomic mass is 10.0. The minimum absolute atomic E-state index is 0.00195. The monoisotopic (exact) mass is 294 g/mol. The molecule has 0 aliphatic carbocycles. The lowest BCUT2D eigenvalue weighted by Gasteiger charge is -2.03. The molecule has 2 aromatic carbocycles. The van der Waals surface area contributed by atoms with Crippen molar-refractivity contribution in [3.8, 4) is 11.8 Å². The summed E-state index contributed by atoms with van der Waals surface area (Å²) in [6, 6.07) is 15.4. The van der Waals surface area contributed by atoms with E-state index in [4.69, 9.17) is 4.74 Å². The molecule has 0 heterocycles. The zero-order valence-corrected chi connectivity index (χ0v) is 12.0. The molecule has 2 aromatic rings. The first-order chi connectivity index (χ1) is 10.6. The topological polar surface area (TPSA) is 76.2 Å². The zero-order chi connectivity index (χ0) is 15.9. The minimum Gasteiger partial charge on any atom is -0.494 e. The molecule has 0 saturated heterocycles. The van der Waals surface area contributed by atoms with Crippen molar-refractivity contribution in [2.45, 2.75) is 6.92 Å². The highest BCUT2D eigenvalue weighted by Crippen LogP contribution is 2.22. The maximum atomic E-state index is 10.6. The Morgan fingerprint density at radius 3 is 2.36 bits per heavy atom. The zero-order valence-electron chi connectivity index (χ0n) is 12.0. The molecule has 0 fully saturated rings. The van der Waals surface area contributed by atoms with Crippen molar-refractivity contribution in [1.29, 1.82) is 5.26 Å². The van der Waals surface area contributed by atoms with Gasteiger partial charge in [-0.3, -0.25) is 10.1 Å². The lowest BCUT2D eigenvalue weighted by molar-refractivity contribution is -0.384. The largest absolute Gasteiger partial charge is 0.494 e. The molecular formula is C17H14N2O3. The fourth-order valence-corrected chi connectivity index (χ4v) is 1.94. The molecule has 0 radical (unpaired) electrons. The molecule has 0 spiro atoms. The van der Waals surface area contributed by atoms with Gasteiger partial charge in [0.2, 0.25) is 0 Å². The molecule has 0 aromatic heterocycles. The maximum absolute atomic E-state index is 10.6. The van der Waals surface area contributed by atoms with Crippen molar-refractivity contribution < 1.29 is 9.66 Å². The van der Waals surface area contributed by atoms with Gasteiger partial charge in [-0.1, -0.05) is 12.1 Å². The summed E-state index contributed by atoms with van der Waals surface area (Å²) in [6.07, 6.45) is 1.73. The van der Waals surface area contributed by atoms with Crippen molar-refractivity contribution in [2.24, 2.45) is 0 Å². The minimum atomic E-state index is -0.466. The second-order valence-corrected chi connectivity index (χ2v) is 4.48. The van der Waals surface area contributed by atoms with E-state index in [0.717, 1.165) is 11.3 Å². The van der Waals surface area contributed by atoms with Crippen LogP contribution in [0.2, 0.25) is 0 Å². The van der Waals surface area contributed by atoms with E-state index < -0.39 is 4.92 Å². The van der Waals surface area contributed by atoms with Crippen LogP contribution < -0.4 is 4.74 Å². The summed E-state index contributed by atoms with van der Waals surface area (Å²) in [5, 5.41) is 19.9. The summed E-state index contributed by atoms with van der Waals surface area (Å²) >= 11 is 0. The Morgan fingerprint density at radius 1 is 1.23 bits per heavy atom. The number of nitrogens with zero attached hydrogens (tertiary/aromatic N) is 2. The van der Waals surface area contributed by atoms with E-state index >= 15 is 0 Å². The van der Waals surface area contributed by atoms with Crippen molar-refractivity contribution in [2.75, 3.05) is 6.61 Å². The molecule has 110 valence electrons. The standard InChI is InChI=1S/C17H14N2O3/c1-2-22-17-9-3-13(4-10-17)11-15(12-18)14-5-7-16(8-6-14)19(20)21/h3-11H,2H2,1H3. The van der Waals surface area contributed by atoms with E-state index in [2.05, 4.69) is 6.07 Å². The SMILES string of the molecule is CCOc1ccc(C=C(C#N)c2ccc([N+](=O)[O-])cc2)cc1. The molecule has 5 nitrogen and oxygen atoms in total. The Hall–Kier alpha value is -3.13. The average Bonchev–Trinajstić information content (AvgIpc) is 2.54. The first-order valence-electron chi connectivity index (χ1n) is 6.73. The van der Waals surface area contributed by atoms with Crippen LogP contribution in [0.4, 0.5) is 5.69 Å². The smallest absolute Gasteiger partial charge is 0.269 e. The summed E-state index contributed by atoms with van der Waals surface area (Å²) < 4.78 is 5.36. The third-order valence-electron chi connectivity index (χ3n) is 3.01. The van der Waals surface area contributed by atoms with Crippen molar-refractivity contribution in [3.05, 3.63) is 69.8 Å². The van der Waals surface area contributed by atoms with Gasteiger partial charge in [0.05, 0.1) is 23.2 Å². The van der Waals surface area contributed by atoms with Crippen molar-refractivity contribution in [1.82, 2.24) is 0 Å². The van der Waals surface area contributed by atoms with Gasteiger partial charge in [0.1, 0.15) is 5.75 Å². The quantitative estimate of drug-likeness (QED) is 0.360. The fraction of sp³-hybridized carbons (Fsp3) is 0.118. The molecule has 2 rings (SSSR count). The first kappa shape index (κ1) is 15.3. The van der Waals surface area contributed by atoms with Gasteiger partial charge in [-0.25, -0.2) is 0 Å². The predicted molar refractivity (Wildman–Crippen MR) is 84.2 cm³/mol. The molecule has 0 N–H and O–H groups in total. The number of hydrogen-bond donors (Lipinski definition) is 0. The molecular weight excluding hydrogens is 280 g/mol. The van der Waals surface area contributed by atoms with Crippen LogP contribution >= 0.6 is 0 Å². The molecule has 22 heavy (non-hydrogen) atoms. The Bertz CT molecular complexity index is 726. The van der Waals surface area contributed by atoms with E-state index in [1.54, 1.807) is 18.2 Å². The first-order valence-corrected chi connectivity index (χ1v) is 6.73. The van der Waals surface area contributed by atoms with Crippen LogP contribution in [0, 0.1) is 21.4 Å².